The highest BCUT2D eigenvalue weighted by atomic mass is 19.1. The summed E-state index contributed by atoms with van der Waals surface area (Å²) >= 11 is 0. The van der Waals surface area contributed by atoms with E-state index in [-0.39, 0.29) is 5.82 Å². The fourth-order valence-corrected chi connectivity index (χ4v) is 2.41. The molecule has 0 spiro atoms. The van der Waals surface area contributed by atoms with Crippen LogP contribution in [0.5, 0.6) is 0 Å². The number of halogens is 1. The van der Waals surface area contributed by atoms with Crippen molar-refractivity contribution in [2.24, 2.45) is 5.84 Å². The molecule has 2 aromatic rings. The van der Waals surface area contributed by atoms with Crippen molar-refractivity contribution in [1.29, 1.82) is 0 Å². The zero-order valence-corrected chi connectivity index (χ0v) is 11.3. The molecular weight excluding hydrogens is 275 g/mol. The second-order valence-corrected chi connectivity index (χ2v) is 4.93. The molecule has 1 amide bonds. The highest BCUT2D eigenvalue weighted by molar-refractivity contribution is 5.93. The molecule has 0 bridgehead atoms. The number of carbonyl (C=O) groups is 1. The van der Waals surface area contributed by atoms with Gasteiger partial charge in [0.1, 0.15) is 18.0 Å². The molecule has 8 heteroatoms. The molecule has 0 saturated carbocycles. The van der Waals surface area contributed by atoms with Gasteiger partial charge in [-0.3, -0.25) is 15.1 Å². The van der Waals surface area contributed by atoms with Gasteiger partial charge >= 0.3 is 0 Å². The Hall–Kier alpha value is -2.32. The molecule has 1 aliphatic rings. The molecule has 1 aromatic carbocycles. The van der Waals surface area contributed by atoms with Crippen LogP contribution in [-0.2, 0) is 19.6 Å². The van der Waals surface area contributed by atoms with Crippen molar-refractivity contribution >= 4 is 5.91 Å². The minimum atomic E-state index is -0.436. The van der Waals surface area contributed by atoms with Crippen molar-refractivity contribution in [3.63, 3.8) is 0 Å². The normalized spacial score (nSPS) is 14.8. The third kappa shape index (κ3) is 2.76. The molecule has 0 atom stereocenters. The summed E-state index contributed by atoms with van der Waals surface area (Å²) in [6, 6.07) is 4.22. The second-order valence-electron chi connectivity index (χ2n) is 4.93. The Bertz CT molecular complexity index is 670. The minimum Gasteiger partial charge on any atom is -0.315 e. The van der Waals surface area contributed by atoms with Crippen LogP contribution in [0.15, 0.2) is 24.5 Å². The van der Waals surface area contributed by atoms with Crippen LogP contribution in [0, 0.1) is 5.82 Å². The zero-order chi connectivity index (χ0) is 14.8. The van der Waals surface area contributed by atoms with E-state index in [0.29, 0.717) is 24.2 Å². The zero-order valence-electron chi connectivity index (χ0n) is 11.3. The van der Waals surface area contributed by atoms with Gasteiger partial charge in [-0.2, -0.15) is 0 Å². The number of hydrogen-bond acceptors (Lipinski definition) is 5. The summed E-state index contributed by atoms with van der Waals surface area (Å²) in [6.45, 7) is 2.56. The summed E-state index contributed by atoms with van der Waals surface area (Å²) in [6.07, 6.45) is 1.69. The first-order chi connectivity index (χ1) is 10.2. The Balaban J connectivity index is 1.77. The molecule has 1 aliphatic heterocycles. The number of hydrogen-bond donors (Lipinski definition) is 2. The fraction of sp³-hybridized carbons (Fsp3) is 0.308. The molecule has 21 heavy (non-hydrogen) atoms. The van der Waals surface area contributed by atoms with E-state index in [9.17, 15) is 9.18 Å². The Labute approximate surface area is 120 Å². The van der Waals surface area contributed by atoms with Gasteiger partial charge in [0, 0.05) is 30.8 Å². The van der Waals surface area contributed by atoms with Crippen LogP contribution in [0.1, 0.15) is 21.7 Å². The molecule has 110 valence electrons. The van der Waals surface area contributed by atoms with Crippen LogP contribution in [0.2, 0.25) is 0 Å². The number of hydrazine groups is 1. The molecule has 0 unspecified atom stereocenters. The van der Waals surface area contributed by atoms with Crippen LogP contribution < -0.4 is 11.3 Å². The average Bonchev–Trinajstić information content (AvgIpc) is 2.96. The number of nitrogens with zero attached hydrogens (tertiary/aromatic N) is 4. The molecule has 0 radical (unpaired) electrons. The lowest BCUT2D eigenvalue weighted by atomic mass is 10.1. The van der Waals surface area contributed by atoms with E-state index in [4.69, 9.17) is 5.84 Å². The molecule has 0 aliphatic carbocycles. The highest BCUT2D eigenvalue weighted by Gasteiger charge is 2.19. The molecule has 3 N–H and O–H groups in total. The van der Waals surface area contributed by atoms with Gasteiger partial charge in [0.25, 0.3) is 5.91 Å². The van der Waals surface area contributed by atoms with Crippen LogP contribution in [0.4, 0.5) is 4.39 Å². The van der Waals surface area contributed by atoms with E-state index in [1.807, 2.05) is 9.99 Å². The lowest BCUT2D eigenvalue weighted by molar-refractivity contribution is 0.0953. The number of amides is 1. The third-order valence-corrected chi connectivity index (χ3v) is 3.55. The van der Waals surface area contributed by atoms with Gasteiger partial charge in [0.05, 0.1) is 6.54 Å². The average molecular weight is 290 g/mol. The summed E-state index contributed by atoms with van der Waals surface area (Å²) in [5, 5.41) is 7.88. The van der Waals surface area contributed by atoms with Crippen LogP contribution >= 0.6 is 0 Å². The van der Waals surface area contributed by atoms with Gasteiger partial charge < -0.3 is 4.57 Å². The number of nitrogens with one attached hydrogen (secondary N) is 1. The van der Waals surface area contributed by atoms with Gasteiger partial charge in [-0.1, -0.05) is 0 Å². The van der Waals surface area contributed by atoms with Crippen molar-refractivity contribution in [2.45, 2.75) is 19.6 Å². The summed E-state index contributed by atoms with van der Waals surface area (Å²) in [5.41, 5.74) is 2.85. The predicted molar refractivity (Wildman–Crippen MR) is 72.2 cm³/mol. The Morgan fingerprint density at radius 2 is 2.29 bits per heavy atom. The molecule has 3 rings (SSSR count). The maximum atomic E-state index is 13.9. The third-order valence-electron chi connectivity index (χ3n) is 3.55. The lowest BCUT2D eigenvalue weighted by Crippen LogP contribution is -2.33. The first-order valence-corrected chi connectivity index (χ1v) is 6.56. The van der Waals surface area contributed by atoms with Crippen molar-refractivity contribution in [1.82, 2.24) is 25.1 Å². The van der Waals surface area contributed by atoms with Gasteiger partial charge in [-0.25, -0.2) is 10.2 Å². The summed E-state index contributed by atoms with van der Waals surface area (Å²) in [7, 11) is 0. The molecule has 0 saturated heterocycles. The van der Waals surface area contributed by atoms with E-state index < -0.39 is 5.91 Å². The number of carbonyl (C=O) groups excluding carboxylic acids is 1. The molecule has 7 nitrogen and oxygen atoms in total. The molecule has 0 fully saturated rings. The van der Waals surface area contributed by atoms with Gasteiger partial charge in [-0.15, -0.1) is 10.2 Å². The maximum absolute atomic E-state index is 13.9. The number of nitrogen functional groups attached to an aromatic ring is 1. The second kappa shape index (κ2) is 5.58. The number of fused-ring (bicyclic) bond motifs is 1. The number of aromatic nitrogens is 3. The number of rotatable bonds is 3. The Morgan fingerprint density at radius 1 is 1.43 bits per heavy atom. The van der Waals surface area contributed by atoms with Crippen molar-refractivity contribution in [3.8, 4) is 0 Å². The van der Waals surface area contributed by atoms with Gasteiger partial charge in [-0.05, 0) is 18.2 Å². The molecule has 2 heterocycles. The first-order valence-electron chi connectivity index (χ1n) is 6.56. The molecule has 1 aromatic heterocycles. The van der Waals surface area contributed by atoms with Crippen molar-refractivity contribution in [2.75, 3.05) is 6.54 Å². The summed E-state index contributed by atoms with van der Waals surface area (Å²) < 4.78 is 15.9. The summed E-state index contributed by atoms with van der Waals surface area (Å²) in [4.78, 5) is 13.6. The van der Waals surface area contributed by atoms with Gasteiger partial charge in [0.2, 0.25) is 0 Å². The highest BCUT2D eigenvalue weighted by Crippen LogP contribution is 2.17. The van der Waals surface area contributed by atoms with E-state index in [1.165, 1.54) is 18.2 Å². The quantitative estimate of drug-likeness (QED) is 0.473. The topological polar surface area (TPSA) is 89.1 Å². The Morgan fingerprint density at radius 3 is 3.10 bits per heavy atom. The minimum absolute atomic E-state index is 0.337. The maximum Gasteiger partial charge on any atom is 0.265 e. The number of benzene rings is 1. The number of nitrogens with two attached hydrogens (primary N) is 1. The van der Waals surface area contributed by atoms with Crippen molar-refractivity contribution in [3.05, 3.63) is 47.3 Å². The molecular formula is C13H15FN6O. The lowest BCUT2D eigenvalue weighted by Gasteiger charge is -2.27. The standard InChI is InChI=1S/C13H15FN6O/c14-11-2-1-9(13(21)17-15)5-10(11)6-19-3-4-20-8-16-18-12(20)7-19/h1-2,5,8H,3-4,6-7,15H2,(H,17,21). The monoisotopic (exact) mass is 290 g/mol. The van der Waals surface area contributed by atoms with Crippen molar-refractivity contribution < 1.29 is 9.18 Å². The van der Waals surface area contributed by atoms with Gasteiger partial charge in [0.15, 0.2) is 0 Å². The van der Waals surface area contributed by atoms with Crippen LogP contribution in [0.25, 0.3) is 0 Å². The summed E-state index contributed by atoms with van der Waals surface area (Å²) in [5.74, 6) is 5.18. The van der Waals surface area contributed by atoms with Crippen LogP contribution in [0.3, 0.4) is 0 Å². The van der Waals surface area contributed by atoms with E-state index >= 15 is 0 Å². The smallest absolute Gasteiger partial charge is 0.265 e. The Kier molecular flexibility index (Phi) is 3.63. The van der Waals surface area contributed by atoms with E-state index in [1.54, 1.807) is 6.33 Å². The predicted octanol–water partition coefficient (Wildman–Crippen LogP) is 0.0365. The van der Waals surface area contributed by atoms with Crippen LogP contribution in [-0.4, -0.2) is 32.1 Å². The van der Waals surface area contributed by atoms with E-state index in [2.05, 4.69) is 15.1 Å². The van der Waals surface area contributed by atoms with E-state index in [0.717, 1.165) is 18.9 Å². The fourth-order valence-electron chi connectivity index (χ4n) is 2.41. The largest absolute Gasteiger partial charge is 0.315 e. The first kappa shape index (κ1) is 13.7. The SMILES string of the molecule is NNC(=O)c1ccc(F)c(CN2CCn3cnnc3C2)c1.